The van der Waals surface area contributed by atoms with Crippen molar-refractivity contribution in [2.24, 2.45) is 0 Å². The highest BCUT2D eigenvalue weighted by Gasteiger charge is 2.17. The van der Waals surface area contributed by atoms with Crippen LogP contribution in [-0.4, -0.2) is 19.6 Å². The van der Waals surface area contributed by atoms with Crippen molar-refractivity contribution in [3.63, 3.8) is 0 Å². The lowest BCUT2D eigenvalue weighted by atomic mass is 10.2. The zero-order valence-electron chi connectivity index (χ0n) is 12.6. The van der Waals surface area contributed by atoms with Gasteiger partial charge in [-0.05, 0) is 42.6 Å². The molecule has 0 spiro atoms. The molecule has 110 valence electrons. The molecule has 0 aliphatic heterocycles. The number of hydrogen-bond donors (Lipinski definition) is 1. The fourth-order valence-corrected chi connectivity index (χ4v) is 2.90. The molecule has 0 bridgehead atoms. The van der Waals surface area contributed by atoms with Crippen molar-refractivity contribution in [1.29, 1.82) is 0 Å². The first kappa shape index (κ1) is 15.1. The lowest BCUT2D eigenvalue weighted by Crippen LogP contribution is -2.12. The van der Waals surface area contributed by atoms with Crippen LogP contribution in [0.2, 0.25) is 0 Å². The van der Waals surface area contributed by atoms with E-state index in [2.05, 4.69) is 46.9 Å². The molecule has 0 aliphatic rings. The predicted molar refractivity (Wildman–Crippen MR) is 84.8 cm³/mol. The minimum absolute atomic E-state index is 0.697. The van der Waals surface area contributed by atoms with Crippen LogP contribution in [-0.2, 0) is 25.9 Å². The Morgan fingerprint density at radius 1 is 1.05 bits per heavy atom. The number of hydrogen-bond acceptors (Lipinski definition) is 3. The number of aromatic nitrogens is 4. The van der Waals surface area contributed by atoms with Crippen LogP contribution in [0.1, 0.15) is 43.5 Å². The van der Waals surface area contributed by atoms with Crippen LogP contribution in [0.25, 0.3) is 0 Å². The molecule has 0 radical (unpaired) electrons. The van der Waals surface area contributed by atoms with E-state index in [0.29, 0.717) is 6.54 Å². The first-order chi connectivity index (χ1) is 9.53. The Morgan fingerprint density at radius 2 is 1.75 bits per heavy atom. The molecule has 0 atom stereocenters. The third-order valence-electron chi connectivity index (χ3n) is 3.60. The Hall–Kier alpha value is -1.30. The molecule has 0 aromatic carbocycles. The van der Waals surface area contributed by atoms with E-state index < -0.39 is 0 Å². The van der Waals surface area contributed by atoms with Gasteiger partial charge in [0.1, 0.15) is 0 Å². The lowest BCUT2D eigenvalue weighted by Gasteiger charge is -2.09. The number of rotatable bonds is 5. The van der Waals surface area contributed by atoms with Gasteiger partial charge in [-0.15, -0.1) is 0 Å². The van der Waals surface area contributed by atoms with Crippen LogP contribution >= 0.6 is 15.9 Å². The highest BCUT2D eigenvalue weighted by molar-refractivity contribution is 9.10. The molecular formula is C14H22BrN5. The van der Waals surface area contributed by atoms with Crippen molar-refractivity contribution in [1.82, 2.24) is 19.6 Å². The maximum absolute atomic E-state index is 6.18. The van der Waals surface area contributed by atoms with Crippen molar-refractivity contribution in [2.75, 3.05) is 5.73 Å². The fourth-order valence-electron chi connectivity index (χ4n) is 2.49. The molecule has 20 heavy (non-hydrogen) atoms. The Kier molecular flexibility index (Phi) is 4.52. The van der Waals surface area contributed by atoms with Crippen LogP contribution in [0, 0.1) is 6.92 Å². The summed E-state index contributed by atoms with van der Waals surface area (Å²) in [5, 5.41) is 9.18. The van der Waals surface area contributed by atoms with Gasteiger partial charge in [-0.2, -0.15) is 10.2 Å². The van der Waals surface area contributed by atoms with Gasteiger partial charge < -0.3 is 5.73 Å². The van der Waals surface area contributed by atoms with Crippen LogP contribution in [0.15, 0.2) is 4.47 Å². The van der Waals surface area contributed by atoms with Crippen molar-refractivity contribution in [3.05, 3.63) is 27.2 Å². The first-order valence-electron chi connectivity index (χ1n) is 7.09. The van der Waals surface area contributed by atoms with Gasteiger partial charge in [0.25, 0.3) is 0 Å². The van der Waals surface area contributed by atoms with Crippen molar-refractivity contribution >= 4 is 21.6 Å². The second-order valence-electron chi connectivity index (χ2n) is 4.83. The van der Waals surface area contributed by atoms with Crippen molar-refractivity contribution in [3.8, 4) is 0 Å². The van der Waals surface area contributed by atoms with Crippen LogP contribution < -0.4 is 5.73 Å². The van der Waals surface area contributed by atoms with Gasteiger partial charge in [0.05, 0.1) is 39.5 Å². The van der Waals surface area contributed by atoms with E-state index in [0.717, 1.165) is 52.3 Å². The summed E-state index contributed by atoms with van der Waals surface area (Å²) < 4.78 is 5.10. The van der Waals surface area contributed by atoms with E-state index in [4.69, 9.17) is 5.73 Å². The zero-order valence-corrected chi connectivity index (χ0v) is 14.2. The Morgan fingerprint density at radius 3 is 2.30 bits per heavy atom. The Labute approximate surface area is 128 Å². The molecular weight excluding hydrogens is 318 g/mol. The summed E-state index contributed by atoms with van der Waals surface area (Å²) in [4.78, 5) is 0. The summed E-state index contributed by atoms with van der Waals surface area (Å²) >= 11 is 3.63. The minimum atomic E-state index is 0.697. The van der Waals surface area contributed by atoms with Crippen LogP contribution in [0.4, 0.5) is 5.69 Å². The molecule has 6 heteroatoms. The molecule has 2 rings (SSSR count). The second-order valence-corrected chi connectivity index (χ2v) is 5.63. The van der Waals surface area contributed by atoms with Gasteiger partial charge in [0.2, 0.25) is 0 Å². The number of nitrogens with two attached hydrogens (primary N) is 1. The van der Waals surface area contributed by atoms with Gasteiger partial charge >= 0.3 is 0 Å². The average Bonchev–Trinajstić information content (AvgIpc) is 2.89. The van der Waals surface area contributed by atoms with Crippen molar-refractivity contribution < 1.29 is 0 Å². The number of halogens is 1. The molecule has 0 aliphatic carbocycles. The largest absolute Gasteiger partial charge is 0.396 e. The highest BCUT2D eigenvalue weighted by Crippen LogP contribution is 2.24. The van der Waals surface area contributed by atoms with E-state index in [9.17, 15) is 0 Å². The van der Waals surface area contributed by atoms with Gasteiger partial charge in [0, 0.05) is 6.54 Å². The molecule has 2 heterocycles. The first-order valence-corrected chi connectivity index (χ1v) is 7.88. The van der Waals surface area contributed by atoms with E-state index in [1.807, 2.05) is 16.3 Å². The standard InChI is InChI=1S/C14H22BrN5/c1-5-10-14(16)11(6-2)20(18-10)8-12-13(15)9(4)17-19(12)7-3/h5-8,16H2,1-4H3. The fraction of sp³-hybridized carbons (Fsp3) is 0.571. The normalized spacial score (nSPS) is 11.2. The van der Waals surface area contributed by atoms with Crippen LogP contribution in [0.5, 0.6) is 0 Å². The summed E-state index contributed by atoms with van der Waals surface area (Å²) in [6.45, 7) is 9.84. The topological polar surface area (TPSA) is 61.7 Å². The summed E-state index contributed by atoms with van der Waals surface area (Å²) in [5.41, 5.74) is 11.3. The molecule has 0 unspecified atom stereocenters. The minimum Gasteiger partial charge on any atom is -0.396 e. The number of nitrogens with zero attached hydrogens (tertiary/aromatic N) is 4. The van der Waals surface area contributed by atoms with Gasteiger partial charge in [0.15, 0.2) is 0 Å². The summed E-state index contributed by atoms with van der Waals surface area (Å²) in [5.74, 6) is 0. The predicted octanol–water partition coefficient (Wildman–Crippen LogP) is 2.93. The van der Waals surface area contributed by atoms with E-state index in [1.54, 1.807) is 0 Å². The van der Waals surface area contributed by atoms with Crippen LogP contribution in [0.3, 0.4) is 0 Å². The summed E-state index contributed by atoms with van der Waals surface area (Å²) in [7, 11) is 0. The molecule has 0 saturated carbocycles. The van der Waals surface area contributed by atoms with Gasteiger partial charge in [-0.3, -0.25) is 9.36 Å². The summed E-state index contributed by atoms with van der Waals surface area (Å²) in [6, 6.07) is 0. The number of aryl methyl sites for hydroxylation is 3. The maximum Gasteiger partial charge on any atom is 0.0854 e. The lowest BCUT2D eigenvalue weighted by molar-refractivity contribution is 0.560. The SMILES string of the molecule is CCc1nn(Cc2c(Br)c(C)nn2CC)c(CC)c1N. The van der Waals surface area contributed by atoms with E-state index in [1.165, 1.54) is 0 Å². The number of anilines is 1. The van der Waals surface area contributed by atoms with Gasteiger partial charge in [-0.1, -0.05) is 13.8 Å². The smallest absolute Gasteiger partial charge is 0.0854 e. The molecule has 0 fully saturated rings. The third kappa shape index (κ3) is 2.49. The maximum atomic E-state index is 6.18. The number of nitrogen functional groups attached to an aromatic ring is 1. The molecule has 2 aromatic heterocycles. The second kappa shape index (κ2) is 5.99. The average molecular weight is 340 g/mol. The van der Waals surface area contributed by atoms with Gasteiger partial charge in [-0.25, -0.2) is 0 Å². The Bertz CT molecular complexity index is 612. The Balaban J connectivity index is 2.44. The third-order valence-corrected chi connectivity index (χ3v) is 4.63. The summed E-state index contributed by atoms with van der Waals surface area (Å²) in [6.07, 6.45) is 1.74. The monoisotopic (exact) mass is 339 g/mol. The zero-order chi connectivity index (χ0) is 14.9. The molecule has 2 N–H and O–H groups in total. The molecule has 5 nitrogen and oxygen atoms in total. The highest BCUT2D eigenvalue weighted by atomic mass is 79.9. The molecule has 0 amide bonds. The van der Waals surface area contributed by atoms with Crippen molar-refractivity contribution in [2.45, 2.75) is 53.6 Å². The van der Waals surface area contributed by atoms with E-state index >= 15 is 0 Å². The quantitative estimate of drug-likeness (QED) is 0.910. The molecule has 0 saturated heterocycles. The van der Waals surface area contributed by atoms with E-state index in [-0.39, 0.29) is 0 Å². The molecule has 2 aromatic rings.